The zero-order valence-corrected chi connectivity index (χ0v) is 14.4. The molecule has 124 valence electrons. The Morgan fingerprint density at radius 1 is 1.17 bits per heavy atom. The molecule has 2 rings (SSSR count). The Hall–Kier alpha value is -2.01. The number of hydrogen-bond donors (Lipinski definition) is 1. The van der Waals surface area contributed by atoms with E-state index in [4.69, 9.17) is 9.47 Å². The van der Waals surface area contributed by atoms with Gasteiger partial charge in [-0.3, -0.25) is 4.79 Å². The molecule has 1 aromatic carbocycles. The van der Waals surface area contributed by atoms with E-state index in [1.165, 1.54) is 4.88 Å². The van der Waals surface area contributed by atoms with Gasteiger partial charge in [0.1, 0.15) is 11.5 Å². The van der Waals surface area contributed by atoms with Crippen molar-refractivity contribution in [1.29, 1.82) is 0 Å². The summed E-state index contributed by atoms with van der Waals surface area (Å²) in [5.41, 5.74) is 0.666. The Morgan fingerprint density at radius 3 is 2.70 bits per heavy atom. The fourth-order valence-corrected chi connectivity index (χ4v) is 2.99. The van der Waals surface area contributed by atoms with Crippen LogP contribution in [0.15, 0.2) is 35.7 Å². The summed E-state index contributed by atoms with van der Waals surface area (Å²) in [6.45, 7) is 4.99. The van der Waals surface area contributed by atoms with E-state index in [0.717, 1.165) is 18.6 Å². The number of aryl methyl sites for hydroxylation is 1. The minimum Gasteiger partial charge on any atom is -0.494 e. The molecule has 0 fully saturated rings. The molecule has 5 heteroatoms. The van der Waals surface area contributed by atoms with Crippen molar-refractivity contribution in [2.45, 2.75) is 33.1 Å². The monoisotopic (exact) mass is 333 g/mol. The maximum Gasteiger partial charge on any atom is 0.224 e. The fourth-order valence-electron chi connectivity index (χ4n) is 2.24. The molecule has 0 unspecified atom stereocenters. The van der Waals surface area contributed by atoms with Crippen LogP contribution in [0.5, 0.6) is 11.5 Å². The Balaban J connectivity index is 1.93. The third-order valence-electron chi connectivity index (χ3n) is 3.24. The molecule has 2 aromatic rings. The van der Waals surface area contributed by atoms with Crippen LogP contribution in [0.25, 0.3) is 0 Å². The fraction of sp³-hybridized carbons (Fsp3) is 0.389. The van der Waals surface area contributed by atoms with Gasteiger partial charge in [-0.1, -0.05) is 6.07 Å². The molecule has 1 N–H and O–H groups in total. The third-order valence-corrected chi connectivity index (χ3v) is 4.18. The van der Waals surface area contributed by atoms with E-state index in [1.807, 2.05) is 38.1 Å². The van der Waals surface area contributed by atoms with Gasteiger partial charge in [0, 0.05) is 17.4 Å². The smallest absolute Gasteiger partial charge is 0.224 e. The third kappa shape index (κ3) is 5.60. The van der Waals surface area contributed by atoms with Crippen LogP contribution < -0.4 is 14.8 Å². The van der Waals surface area contributed by atoms with Gasteiger partial charge in [-0.05, 0) is 50.3 Å². The number of ether oxygens (including phenoxy) is 2. The lowest BCUT2D eigenvalue weighted by molar-refractivity contribution is -0.116. The van der Waals surface area contributed by atoms with Crippen LogP contribution >= 0.6 is 11.3 Å². The quantitative estimate of drug-likeness (QED) is 0.734. The first-order valence-electron chi connectivity index (χ1n) is 7.94. The number of carbonyl (C=O) groups excluding carboxylic acids is 1. The van der Waals surface area contributed by atoms with Crippen molar-refractivity contribution in [3.8, 4) is 11.5 Å². The van der Waals surface area contributed by atoms with E-state index < -0.39 is 0 Å². The van der Waals surface area contributed by atoms with Crippen LogP contribution in [0.3, 0.4) is 0 Å². The molecule has 0 bridgehead atoms. The Labute approximate surface area is 141 Å². The lowest BCUT2D eigenvalue weighted by Gasteiger charge is -2.13. The van der Waals surface area contributed by atoms with Crippen molar-refractivity contribution in [3.63, 3.8) is 0 Å². The first kappa shape index (κ1) is 17.3. The molecule has 0 spiro atoms. The summed E-state index contributed by atoms with van der Waals surface area (Å²) in [6, 6.07) is 9.62. The van der Waals surface area contributed by atoms with E-state index in [0.29, 0.717) is 31.1 Å². The highest BCUT2D eigenvalue weighted by Crippen LogP contribution is 2.29. The van der Waals surface area contributed by atoms with Gasteiger partial charge in [0.05, 0.1) is 18.9 Å². The highest BCUT2D eigenvalue weighted by Gasteiger charge is 2.10. The standard InChI is InChI=1S/C18H23NO3S/c1-3-21-14-10-11-17(22-4-2)16(13-14)19-18(20)9-5-7-15-8-6-12-23-15/h6,8,10-13H,3-5,7,9H2,1-2H3,(H,19,20). The second-order valence-electron chi connectivity index (χ2n) is 5.01. The summed E-state index contributed by atoms with van der Waals surface area (Å²) in [4.78, 5) is 13.5. The van der Waals surface area contributed by atoms with Crippen molar-refractivity contribution in [1.82, 2.24) is 0 Å². The summed E-state index contributed by atoms with van der Waals surface area (Å²) < 4.78 is 11.1. The minimum atomic E-state index is -0.00356. The average Bonchev–Trinajstić information content (AvgIpc) is 3.04. The normalized spacial score (nSPS) is 10.3. The van der Waals surface area contributed by atoms with Crippen LogP contribution in [0.4, 0.5) is 5.69 Å². The number of amides is 1. The van der Waals surface area contributed by atoms with Crippen LogP contribution in [0.1, 0.15) is 31.6 Å². The predicted molar refractivity (Wildman–Crippen MR) is 94.7 cm³/mol. The number of benzene rings is 1. The van der Waals surface area contributed by atoms with E-state index in [1.54, 1.807) is 11.3 Å². The van der Waals surface area contributed by atoms with Crippen molar-refractivity contribution < 1.29 is 14.3 Å². The average molecular weight is 333 g/mol. The first-order valence-corrected chi connectivity index (χ1v) is 8.82. The summed E-state index contributed by atoms with van der Waals surface area (Å²) in [7, 11) is 0. The SMILES string of the molecule is CCOc1ccc(OCC)c(NC(=O)CCCc2cccs2)c1. The number of anilines is 1. The molecule has 4 nitrogen and oxygen atoms in total. The molecule has 0 saturated heterocycles. The van der Waals surface area contributed by atoms with E-state index in [2.05, 4.69) is 16.8 Å². The molecular weight excluding hydrogens is 310 g/mol. The van der Waals surface area contributed by atoms with Gasteiger partial charge < -0.3 is 14.8 Å². The molecule has 0 radical (unpaired) electrons. The lowest BCUT2D eigenvalue weighted by atomic mass is 10.2. The zero-order valence-electron chi connectivity index (χ0n) is 13.6. The molecule has 0 aliphatic heterocycles. The summed E-state index contributed by atoms with van der Waals surface area (Å²) in [5, 5.41) is 4.99. The highest BCUT2D eigenvalue weighted by molar-refractivity contribution is 7.09. The molecule has 1 heterocycles. The largest absolute Gasteiger partial charge is 0.494 e. The number of thiophene rings is 1. The highest BCUT2D eigenvalue weighted by atomic mass is 32.1. The molecule has 1 aromatic heterocycles. The van der Waals surface area contributed by atoms with Gasteiger partial charge in [-0.25, -0.2) is 0 Å². The van der Waals surface area contributed by atoms with Crippen LogP contribution in [0.2, 0.25) is 0 Å². The van der Waals surface area contributed by atoms with Gasteiger partial charge >= 0.3 is 0 Å². The topological polar surface area (TPSA) is 47.6 Å². The molecule has 0 atom stereocenters. The summed E-state index contributed by atoms with van der Waals surface area (Å²) >= 11 is 1.73. The van der Waals surface area contributed by atoms with Crippen molar-refractivity contribution in [2.75, 3.05) is 18.5 Å². The van der Waals surface area contributed by atoms with Crippen molar-refractivity contribution in [3.05, 3.63) is 40.6 Å². The van der Waals surface area contributed by atoms with Crippen molar-refractivity contribution in [2.24, 2.45) is 0 Å². The number of rotatable bonds is 9. The maximum atomic E-state index is 12.2. The van der Waals surface area contributed by atoms with Gasteiger partial charge in [0.25, 0.3) is 0 Å². The molecule has 0 aliphatic rings. The molecular formula is C18H23NO3S. The van der Waals surface area contributed by atoms with Crippen LogP contribution in [-0.2, 0) is 11.2 Å². The Kier molecular flexibility index (Phi) is 6.94. The molecule has 23 heavy (non-hydrogen) atoms. The van der Waals surface area contributed by atoms with Gasteiger partial charge in [0.2, 0.25) is 5.91 Å². The van der Waals surface area contributed by atoms with E-state index in [-0.39, 0.29) is 5.91 Å². The van der Waals surface area contributed by atoms with Crippen molar-refractivity contribution >= 4 is 22.9 Å². The number of carbonyl (C=O) groups is 1. The van der Waals surface area contributed by atoms with Gasteiger partial charge in [-0.15, -0.1) is 11.3 Å². The van der Waals surface area contributed by atoms with E-state index in [9.17, 15) is 4.79 Å². The predicted octanol–water partition coefficient (Wildman–Crippen LogP) is 4.51. The number of nitrogens with one attached hydrogen (secondary N) is 1. The van der Waals surface area contributed by atoms with Crippen LogP contribution in [0, 0.1) is 0 Å². The molecule has 0 saturated carbocycles. The van der Waals surface area contributed by atoms with Gasteiger partial charge in [0.15, 0.2) is 0 Å². The minimum absolute atomic E-state index is 0.00356. The Bertz CT molecular complexity index is 611. The molecule has 0 aliphatic carbocycles. The summed E-state index contributed by atoms with van der Waals surface area (Å²) in [5.74, 6) is 1.39. The summed E-state index contributed by atoms with van der Waals surface area (Å²) in [6.07, 6.45) is 2.26. The second kappa shape index (κ2) is 9.20. The number of hydrogen-bond acceptors (Lipinski definition) is 4. The maximum absolute atomic E-state index is 12.2. The second-order valence-corrected chi connectivity index (χ2v) is 6.04. The first-order chi connectivity index (χ1) is 11.2. The van der Waals surface area contributed by atoms with Crippen LogP contribution in [-0.4, -0.2) is 19.1 Å². The van der Waals surface area contributed by atoms with E-state index >= 15 is 0 Å². The van der Waals surface area contributed by atoms with Gasteiger partial charge in [-0.2, -0.15) is 0 Å². The lowest BCUT2D eigenvalue weighted by Crippen LogP contribution is -2.13. The molecule has 1 amide bonds. The zero-order chi connectivity index (χ0) is 16.5. The Morgan fingerprint density at radius 2 is 2.00 bits per heavy atom.